The van der Waals surface area contributed by atoms with Crippen molar-refractivity contribution in [2.75, 3.05) is 0 Å². The predicted octanol–water partition coefficient (Wildman–Crippen LogP) is 3.01. The van der Waals surface area contributed by atoms with Crippen molar-refractivity contribution < 1.29 is 13.9 Å². The number of nitrogens with two attached hydrogens (primary N) is 1. The third-order valence-corrected chi connectivity index (χ3v) is 3.38. The van der Waals surface area contributed by atoms with Crippen molar-refractivity contribution in [2.45, 2.75) is 6.10 Å². The molecule has 19 heavy (non-hydrogen) atoms. The minimum absolute atomic E-state index is 0.129. The molecule has 1 aliphatic rings. The Morgan fingerprint density at radius 3 is 2.74 bits per heavy atom. The van der Waals surface area contributed by atoms with Crippen molar-refractivity contribution in [1.82, 2.24) is 0 Å². The molecule has 0 fully saturated rings. The van der Waals surface area contributed by atoms with Gasteiger partial charge in [-0.05, 0) is 29.8 Å². The molecule has 2 aromatic rings. The van der Waals surface area contributed by atoms with Gasteiger partial charge in [-0.15, -0.1) is 0 Å². The summed E-state index contributed by atoms with van der Waals surface area (Å²) < 4.78 is 11.5. The topological polar surface area (TPSA) is 65.5 Å². The molecule has 2 heterocycles. The third-order valence-electron chi connectivity index (χ3n) is 2.89. The first kappa shape index (κ1) is 12.0. The normalized spacial score (nSPS) is 18.8. The van der Waals surface area contributed by atoms with Gasteiger partial charge in [0.05, 0.1) is 11.8 Å². The lowest BCUT2D eigenvalue weighted by atomic mass is 10.00. The molecule has 1 aromatic carbocycles. The van der Waals surface area contributed by atoms with Crippen molar-refractivity contribution >= 4 is 27.3 Å². The molecule has 0 aliphatic carbocycles. The summed E-state index contributed by atoms with van der Waals surface area (Å²) in [5.74, 6) is 0.396. The zero-order valence-corrected chi connectivity index (χ0v) is 11.4. The Balaban J connectivity index is 1.99. The van der Waals surface area contributed by atoms with Gasteiger partial charge in [0.15, 0.2) is 11.6 Å². The number of ketones is 1. The van der Waals surface area contributed by atoms with Crippen LogP contribution >= 0.6 is 15.9 Å². The van der Waals surface area contributed by atoms with Crippen LogP contribution in [-0.4, -0.2) is 5.78 Å². The van der Waals surface area contributed by atoms with Gasteiger partial charge in [-0.3, -0.25) is 4.79 Å². The molecule has 5 heteroatoms. The number of halogens is 1. The number of ether oxygens (including phenoxy) is 1. The molecule has 1 aliphatic heterocycles. The zero-order valence-electron chi connectivity index (χ0n) is 9.80. The largest absolute Gasteiger partial charge is 0.465 e. The summed E-state index contributed by atoms with van der Waals surface area (Å²) >= 11 is 3.37. The van der Waals surface area contributed by atoms with E-state index in [2.05, 4.69) is 15.9 Å². The predicted molar refractivity (Wildman–Crippen MR) is 72.8 cm³/mol. The number of rotatable bonds is 2. The average Bonchev–Trinajstić information content (AvgIpc) is 2.97. The van der Waals surface area contributed by atoms with Crippen LogP contribution in [0.25, 0.3) is 5.57 Å². The molecule has 0 bridgehead atoms. The molecular weight excluding hydrogens is 310 g/mol. The second-order valence-corrected chi connectivity index (χ2v) is 5.04. The highest BCUT2D eigenvalue weighted by molar-refractivity contribution is 9.10. The fourth-order valence-corrected chi connectivity index (χ4v) is 2.45. The molecule has 3 rings (SSSR count). The lowest BCUT2D eigenvalue weighted by molar-refractivity contribution is -0.120. The maximum absolute atomic E-state index is 12.4. The standard InChI is InChI=1S/C14H10BrNO3/c15-9-4-1-3-8(7-9)11-12(17)13(19-14(11)16)10-5-2-6-18-10/h1-7,13H,16H2. The molecule has 1 aromatic heterocycles. The average molecular weight is 320 g/mol. The lowest BCUT2D eigenvalue weighted by Gasteiger charge is -2.05. The van der Waals surface area contributed by atoms with Crippen LogP contribution in [0.4, 0.5) is 0 Å². The van der Waals surface area contributed by atoms with E-state index >= 15 is 0 Å². The van der Waals surface area contributed by atoms with Gasteiger partial charge in [0, 0.05) is 4.47 Å². The van der Waals surface area contributed by atoms with E-state index in [-0.39, 0.29) is 11.7 Å². The van der Waals surface area contributed by atoms with Gasteiger partial charge in [0.1, 0.15) is 0 Å². The molecule has 96 valence electrons. The number of furan rings is 1. The van der Waals surface area contributed by atoms with Gasteiger partial charge in [-0.1, -0.05) is 28.1 Å². The monoisotopic (exact) mass is 319 g/mol. The van der Waals surface area contributed by atoms with Crippen LogP contribution in [0, 0.1) is 0 Å². The van der Waals surface area contributed by atoms with E-state index in [0.717, 1.165) is 10.0 Å². The van der Waals surface area contributed by atoms with Crippen molar-refractivity contribution in [2.24, 2.45) is 5.73 Å². The molecular formula is C14H10BrNO3. The second kappa shape index (κ2) is 4.59. The van der Waals surface area contributed by atoms with Crippen LogP contribution in [-0.2, 0) is 9.53 Å². The summed E-state index contributed by atoms with van der Waals surface area (Å²) in [6.07, 6.45) is 0.711. The number of hydrogen-bond donors (Lipinski definition) is 1. The van der Waals surface area contributed by atoms with Crippen LogP contribution in [0.3, 0.4) is 0 Å². The third kappa shape index (κ3) is 2.06. The van der Waals surface area contributed by atoms with Gasteiger partial charge in [-0.2, -0.15) is 0 Å². The van der Waals surface area contributed by atoms with Crippen molar-refractivity contribution in [3.05, 3.63) is 64.3 Å². The number of benzene rings is 1. The Kier molecular flexibility index (Phi) is 2.91. The zero-order chi connectivity index (χ0) is 13.4. The van der Waals surface area contributed by atoms with Crippen LogP contribution in [0.2, 0.25) is 0 Å². The van der Waals surface area contributed by atoms with Crippen LogP contribution in [0.15, 0.2) is 57.4 Å². The highest BCUT2D eigenvalue weighted by Crippen LogP contribution is 2.36. The Bertz CT molecular complexity index is 661. The van der Waals surface area contributed by atoms with Gasteiger partial charge in [0.25, 0.3) is 0 Å². The maximum atomic E-state index is 12.4. The van der Waals surface area contributed by atoms with E-state index in [1.807, 2.05) is 24.3 Å². The van der Waals surface area contributed by atoms with E-state index < -0.39 is 6.10 Å². The fourth-order valence-electron chi connectivity index (χ4n) is 2.05. The van der Waals surface area contributed by atoms with Crippen molar-refractivity contribution in [1.29, 1.82) is 0 Å². The summed E-state index contributed by atoms with van der Waals surface area (Å²) in [5, 5.41) is 0. The minimum Gasteiger partial charge on any atom is -0.465 e. The van der Waals surface area contributed by atoms with Crippen molar-refractivity contribution in [3.8, 4) is 0 Å². The van der Waals surface area contributed by atoms with E-state index in [1.54, 1.807) is 12.1 Å². The lowest BCUT2D eigenvalue weighted by Crippen LogP contribution is -2.08. The molecule has 0 radical (unpaired) electrons. The van der Waals surface area contributed by atoms with Gasteiger partial charge >= 0.3 is 0 Å². The molecule has 4 nitrogen and oxygen atoms in total. The SMILES string of the molecule is NC1=C(c2cccc(Br)c2)C(=O)C(c2ccco2)O1. The first-order valence-corrected chi connectivity index (χ1v) is 6.46. The Labute approximate surface area is 118 Å². The molecule has 0 spiro atoms. The van der Waals surface area contributed by atoms with Crippen molar-refractivity contribution in [3.63, 3.8) is 0 Å². The Morgan fingerprint density at radius 2 is 2.05 bits per heavy atom. The van der Waals surface area contributed by atoms with Gasteiger partial charge in [-0.25, -0.2) is 0 Å². The quantitative estimate of drug-likeness (QED) is 0.924. The molecule has 0 saturated heterocycles. The number of hydrogen-bond acceptors (Lipinski definition) is 4. The summed E-state index contributed by atoms with van der Waals surface area (Å²) in [4.78, 5) is 12.4. The Morgan fingerprint density at radius 1 is 1.21 bits per heavy atom. The molecule has 2 N–H and O–H groups in total. The van der Waals surface area contributed by atoms with E-state index in [4.69, 9.17) is 14.9 Å². The van der Waals surface area contributed by atoms with Gasteiger partial charge < -0.3 is 14.9 Å². The minimum atomic E-state index is -0.788. The second-order valence-electron chi connectivity index (χ2n) is 4.13. The summed E-state index contributed by atoms with van der Waals surface area (Å²) in [7, 11) is 0. The highest BCUT2D eigenvalue weighted by Gasteiger charge is 2.37. The van der Waals surface area contributed by atoms with Crippen LogP contribution < -0.4 is 5.73 Å². The smallest absolute Gasteiger partial charge is 0.220 e. The molecule has 1 atom stereocenters. The van der Waals surface area contributed by atoms with E-state index in [1.165, 1.54) is 6.26 Å². The van der Waals surface area contributed by atoms with E-state index in [9.17, 15) is 4.79 Å². The number of carbonyl (C=O) groups is 1. The van der Waals surface area contributed by atoms with Gasteiger partial charge in [0.2, 0.25) is 11.9 Å². The molecule has 1 unspecified atom stereocenters. The van der Waals surface area contributed by atoms with Crippen LogP contribution in [0.5, 0.6) is 0 Å². The fraction of sp³-hybridized carbons (Fsp3) is 0.0714. The first-order chi connectivity index (χ1) is 9.16. The molecule has 0 amide bonds. The summed E-state index contributed by atoms with van der Waals surface area (Å²) in [6, 6.07) is 10.8. The summed E-state index contributed by atoms with van der Waals surface area (Å²) in [5.41, 5.74) is 6.95. The summed E-state index contributed by atoms with van der Waals surface area (Å²) in [6.45, 7) is 0. The van der Waals surface area contributed by atoms with Crippen LogP contribution in [0.1, 0.15) is 17.4 Å². The first-order valence-electron chi connectivity index (χ1n) is 5.67. The molecule has 0 saturated carbocycles. The van der Waals surface area contributed by atoms with E-state index in [0.29, 0.717) is 11.3 Å². The highest BCUT2D eigenvalue weighted by atomic mass is 79.9. The Hall–Kier alpha value is -2.01. The maximum Gasteiger partial charge on any atom is 0.220 e. The number of carbonyl (C=O) groups excluding carboxylic acids is 1. The number of Topliss-reactive ketones (excluding diaryl/α,β-unsaturated/α-hetero) is 1.